The minimum atomic E-state index is -1.10. The highest BCUT2D eigenvalue weighted by atomic mass is 35.5. The molecule has 0 saturated heterocycles. The number of nitrogens with zero attached hydrogens (tertiary/aromatic N) is 3. The molecule has 9 nitrogen and oxygen atoms in total. The molecule has 1 atom stereocenters. The summed E-state index contributed by atoms with van der Waals surface area (Å²) < 4.78 is 7.19. The van der Waals surface area contributed by atoms with Crippen molar-refractivity contribution in [3.05, 3.63) is 50.0 Å². The molecule has 1 unspecified atom stereocenters. The standard InChI is InChI=1S/C20H21ClN4O5S/c1-10(2)9-24-19-14(11(3)23-24)8-17(31-19)20(27)30-12(4)18(26)22-16-6-5-13(25(28)29)7-15(16)21/h5-8,10,12H,9H2,1-4H3,(H,22,26). The predicted molar refractivity (Wildman–Crippen MR) is 119 cm³/mol. The number of aromatic nitrogens is 2. The molecule has 2 heterocycles. The van der Waals surface area contributed by atoms with E-state index in [-0.39, 0.29) is 16.4 Å². The average molecular weight is 465 g/mol. The number of thiophene rings is 1. The number of esters is 1. The predicted octanol–water partition coefficient (Wildman–Crippen LogP) is 4.81. The summed E-state index contributed by atoms with van der Waals surface area (Å²) in [5.41, 5.74) is 0.814. The Morgan fingerprint density at radius 1 is 1.32 bits per heavy atom. The van der Waals surface area contributed by atoms with Gasteiger partial charge < -0.3 is 10.1 Å². The van der Waals surface area contributed by atoms with Crippen molar-refractivity contribution in [1.82, 2.24) is 9.78 Å². The van der Waals surface area contributed by atoms with Crippen molar-refractivity contribution in [3.8, 4) is 0 Å². The number of amides is 1. The number of hydrogen-bond acceptors (Lipinski definition) is 7. The monoisotopic (exact) mass is 464 g/mol. The van der Waals surface area contributed by atoms with E-state index in [1.165, 1.54) is 30.4 Å². The second kappa shape index (κ2) is 9.03. The first-order valence-corrected chi connectivity index (χ1v) is 10.7. The number of anilines is 1. The number of aryl methyl sites for hydroxylation is 1. The van der Waals surface area contributed by atoms with Crippen molar-refractivity contribution in [2.45, 2.75) is 40.3 Å². The summed E-state index contributed by atoms with van der Waals surface area (Å²) in [6.45, 7) is 8.22. The highest BCUT2D eigenvalue weighted by molar-refractivity contribution is 7.20. The number of ether oxygens (including phenoxy) is 1. The molecular formula is C20H21ClN4O5S. The van der Waals surface area contributed by atoms with Gasteiger partial charge in [-0.3, -0.25) is 19.6 Å². The van der Waals surface area contributed by atoms with Crippen LogP contribution in [0.15, 0.2) is 24.3 Å². The van der Waals surface area contributed by atoms with Gasteiger partial charge in [-0.05, 0) is 31.9 Å². The number of non-ortho nitro benzene ring substituents is 1. The number of carbonyl (C=O) groups is 2. The Labute approximate surface area is 187 Å². The van der Waals surface area contributed by atoms with E-state index in [1.807, 2.05) is 11.6 Å². The van der Waals surface area contributed by atoms with Crippen molar-refractivity contribution in [1.29, 1.82) is 0 Å². The lowest BCUT2D eigenvalue weighted by molar-refractivity contribution is -0.384. The molecule has 0 aliphatic heterocycles. The molecule has 3 rings (SSSR count). The van der Waals surface area contributed by atoms with Crippen molar-refractivity contribution in [2.24, 2.45) is 5.92 Å². The molecule has 0 spiro atoms. The highest BCUT2D eigenvalue weighted by Gasteiger charge is 2.23. The molecule has 1 amide bonds. The molecular weight excluding hydrogens is 444 g/mol. The van der Waals surface area contributed by atoms with E-state index in [0.717, 1.165) is 28.5 Å². The minimum absolute atomic E-state index is 0.00997. The molecule has 0 bridgehead atoms. The van der Waals surface area contributed by atoms with E-state index >= 15 is 0 Å². The van der Waals surface area contributed by atoms with Crippen molar-refractivity contribution >= 4 is 56.4 Å². The zero-order valence-corrected chi connectivity index (χ0v) is 18.9. The maximum Gasteiger partial charge on any atom is 0.349 e. The zero-order chi connectivity index (χ0) is 22.9. The van der Waals surface area contributed by atoms with Gasteiger partial charge in [0, 0.05) is 24.1 Å². The van der Waals surface area contributed by atoms with Gasteiger partial charge in [0.2, 0.25) is 0 Å². The summed E-state index contributed by atoms with van der Waals surface area (Å²) in [7, 11) is 0. The van der Waals surface area contributed by atoms with Crippen molar-refractivity contribution in [2.75, 3.05) is 5.32 Å². The number of nitrogens with one attached hydrogen (secondary N) is 1. The second-order valence-electron chi connectivity index (χ2n) is 7.45. The Balaban J connectivity index is 1.70. The first kappa shape index (κ1) is 22.7. The van der Waals surface area contributed by atoms with Crippen LogP contribution in [0.2, 0.25) is 5.02 Å². The quantitative estimate of drug-likeness (QED) is 0.304. The summed E-state index contributed by atoms with van der Waals surface area (Å²) in [4.78, 5) is 36.5. The van der Waals surface area contributed by atoms with Crippen LogP contribution in [0.5, 0.6) is 0 Å². The normalized spacial score (nSPS) is 12.2. The van der Waals surface area contributed by atoms with E-state index in [9.17, 15) is 19.7 Å². The van der Waals surface area contributed by atoms with E-state index in [4.69, 9.17) is 16.3 Å². The summed E-state index contributed by atoms with van der Waals surface area (Å²) in [6, 6.07) is 5.40. The number of carbonyl (C=O) groups excluding carboxylic acids is 2. The lowest BCUT2D eigenvalue weighted by atomic mass is 10.2. The first-order valence-electron chi connectivity index (χ1n) is 9.49. The fraction of sp³-hybridized carbons (Fsp3) is 0.350. The number of rotatable bonds is 7. The van der Waals surface area contributed by atoms with E-state index < -0.39 is 22.9 Å². The fourth-order valence-corrected chi connectivity index (χ4v) is 4.18. The number of nitro groups is 1. The van der Waals surface area contributed by atoms with Crippen LogP contribution in [-0.4, -0.2) is 32.7 Å². The van der Waals surface area contributed by atoms with Crippen molar-refractivity contribution < 1.29 is 19.2 Å². The molecule has 1 aromatic carbocycles. The molecule has 0 aliphatic carbocycles. The van der Waals surface area contributed by atoms with E-state index in [0.29, 0.717) is 10.8 Å². The molecule has 3 aromatic rings. The topological polar surface area (TPSA) is 116 Å². The Bertz CT molecular complexity index is 1170. The Morgan fingerprint density at radius 3 is 2.65 bits per heavy atom. The Hall–Kier alpha value is -2.98. The Morgan fingerprint density at radius 2 is 2.03 bits per heavy atom. The van der Waals surface area contributed by atoms with Crippen LogP contribution in [0.25, 0.3) is 10.2 Å². The molecule has 0 fully saturated rings. The Kier molecular flexibility index (Phi) is 6.61. The number of benzene rings is 1. The summed E-state index contributed by atoms with van der Waals surface area (Å²) in [5.74, 6) is -0.823. The average Bonchev–Trinajstić information content (AvgIpc) is 3.24. The van der Waals surface area contributed by atoms with Gasteiger partial charge in [0.05, 0.1) is 21.3 Å². The highest BCUT2D eigenvalue weighted by Crippen LogP contribution is 2.30. The molecule has 0 radical (unpaired) electrons. The van der Waals surface area contributed by atoms with Gasteiger partial charge in [-0.15, -0.1) is 11.3 Å². The van der Waals surface area contributed by atoms with Gasteiger partial charge in [0.25, 0.3) is 11.6 Å². The number of fused-ring (bicyclic) bond motifs is 1. The van der Waals surface area contributed by atoms with Gasteiger partial charge >= 0.3 is 5.97 Å². The van der Waals surface area contributed by atoms with E-state index in [2.05, 4.69) is 24.3 Å². The van der Waals surface area contributed by atoms with Gasteiger partial charge in [0.1, 0.15) is 9.71 Å². The first-order chi connectivity index (χ1) is 14.6. The lowest BCUT2D eigenvalue weighted by Crippen LogP contribution is -2.29. The molecule has 0 saturated carbocycles. The van der Waals surface area contributed by atoms with Crippen LogP contribution in [0.3, 0.4) is 0 Å². The molecule has 11 heteroatoms. The number of nitro benzene ring substituents is 1. The molecule has 0 aliphatic rings. The van der Waals surface area contributed by atoms with Gasteiger partial charge in [-0.25, -0.2) is 4.79 Å². The van der Waals surface area contributed by atoms with Gasteiger partial charge in [-0.1, -0.05) is 25.4 Å². The maximum absolute atomic E-state index is 12.6. The van der Waals surface area contributed by atoms with Gasteiger partial charge in [-0.2, -0.15) is 5.10 Å². The zero-order valence-electron chi connectivity index (χ0n) is 17.3. The van der Waals surface area contributed by atoms with Crippen LogP contribution in [0.1, 0.15) is 36.1 Å². The largest absolute Gasteiger partial charge is 0.448 e. The summed E-state index contributed by atoms with van der Waals surface area (Å²) in [6.07, 6.45) is -1.10. The number of halogens is 1. The van der Waals surface area contributed by atoms with Crippen LogP contribution in [0.4, 0.5) is 11.4 Å². The van der Waals surface area contributed by atoms with E-state index in [1.54, 1.807) is 6.07 Å². The van der Waals surface area contributed by atoms with Crippen molar-refractivity contribution in [3.63, 3.8) is 0 Å². The third-order valence-electron chi connectivity index (χ3n) is 4.42. The second-order valence-corrected chi connectivity index (χ2v) is 8.89. The van der Waals surface area contributed by atoms with Crippen LogP contribution < -0.4 is 5.32 Å². The molecule has 2 aromatic heterocycles. The molecule has 31 heavy (non-hydrogen) atoms. The summed E-state index contributed by atoms with van der Waals surface area (Å²) >= 11 is 7.26. The lowest BCUT2D eigenvalue weighted by Gasteiger charge is -2.13. The SMILES string of the molecule is Cc1nn(CC(C)C)c2sc(C(=O)OC(C)C(=O)Nc3ccc([N+](=O)[O-])cc3Cl)cc12. The summed E-state index contributed by atoms with van der Waals surface area (Å²) in [5, 5.41) is 18.7. The third kappa shape index (κ3) is 5.02. The van der Waals surface area contributed by atoms with Crippen LogP contribution >= 0.6 is 22.9 Å². The minimum Gasteiger partial charge on any atom is -0.448 e. The van der Waals surface area contributed by atoms with Crippen LogP contribution in [-0.2, 0) is 16.1 Å². The van der Waals surface area contributed by atoms with Crippen LogP contribution in [0, 0.1) is 23.0 Å². The maximum atomic E-state index is 12.6. The number of hydrogen-bond donors (Lipinski definition) is 1. The van der Waals surface area contributed by atoms with Gasteiger partial charge in [0.15, 0.2) is 6.10 Å². The smallest absolute Gasteiger partial charge is 0.349 e. The fourth-order valence-electron chi connectivity index (χ4n) is 2.91. The molecule has 164 valence electrons. The third-order valence-corrected chi connectivity index (χ3v) is 5.86. The molecule has 1 N–H and O–H groups in total.